The number of amides is 2. The number of rotatable bonds is 5. The fourth-order valence-electron chi connectivity index (χ4n) is 2.69. The topological polar surface area (TPSA) is 58.6 Å². The first-order chi connectivity index (χ1) is 11.7. The molecule has 0 bridgehead atoms. The number of carbonyl (C=O) groups excluding carboxylic acids is 2. The van der Waals surface area contributed by atoms with Gasteiger partial charge in [-0.25, -0.2) is 0 Å². The van der Waals surface area contributed by atoms with Crippen LogP contribution < -0.4 is 5.32 Å². The highest BCUT2D eigenvalue weighted by atomic mass is 32.1. The minimum absolute atomic E-state index is 0.0490. The number of nitrogens with zero attached hydrogens (tertiary/aromatic N) is 1. The molecule has 6 heteroatoms. The molecule has 0 aliphatic carbocycles. The van der Waals surface area contributed by atoms with Crippen molar-refractivity contribution in [3.05, 3.63) is 58.3 Å². The maximum absolute atomic E-state index is 12.9. The summed E-state index contributed by atoms with van der Waals surface area (Å²) in [5, 5.41) is 4.76. The molecule has 1 aromatic carbocycles. The van der Waals surface area contributed by atoms with Crippen LogP contribution in [0.3, 0.4) is 0 Å². The second-order valence-electron chi connectivity index (χ2n) is 5.63. The van der Waals surface area contributed by atoms with Crippen LogP contribution in [0.25, 0.3) is 0 Å². The second kappa shape index (κ2) is 8.08. The van der Waals surface area contributed by atoms with Gasteiger partial charge in [0.1, 0.15) is 6.04 Å². The van der Waals surface area contributed by atoms with E-state index in [0.29, 0.717) is 37.6 Å². The zero-order chi connectivity index (χ0) is 16.8. The molecule has 1 aliphatic rings. The molecule has 126 valence electrons. The Bertz CT molecular complexity index is 667. The molecular formula is C18H20N2O3S. The Kier molecular flexibility index (Phi) is 5.61. The Morgan fingerprint density at radius 1 is 1.12 bits per heavy atom. The van der Waals surface area contributed by atoms with E-state index in [-0.39, 0.29) is 11.8 Å². The molecule has 2 heterocycles. The van der Waals surface area contributed by atoms with Gasteiger partial charge in [0.05, 0.1) is 18.1 Å². The molecule has 5 nitrogen and oxygen atoms in total. The summed E-state index contributed by atoms with van der Waals surface area (Å²) in [6.07, 6.45) is 0.480. The minimum Gasteiger partial charge on any atom is -0.378 e. The van der Waals surface area contributed by atoms with E-state index in [4.69, 9.17) is 4.74 Å². The summed E-state index contributed by atoms with van der Waals surface area (Å²) in [7, 11) is 0. The van der Waals surface area contributed by atoms with E-state index in [0.717, 1.165) is 5.56 Å². The Labute approximate surface area is 145 Å². The van der Waals surface area contributed by atoms with Gasteiger partial charge in [-0.3, -0.25) is 9.59 Å². The molecule has 0 saturated carbocycles. The van der Waals surface area contributed by atoms with Crippen LogP contribution >= 0.6 is 11.3 Å². The van der Waals surface area contributed by atoms with E-state index in [1.165, 1.54) is 11.3 Å². The quantitative estimate of drug-likeness (QED) is 0.902. The van der Waals surface area contributed by atoms with Crippen molar-refractivity contribution in [1.29, 1.82) is 0 Å². The maximum Gasteiger partial charge on any atom is 0.262 e. The third-order valence-corrected chi connectivity index (χ3v) is 4.82. The van der Waals surface area contributed by atoms with Crippen LogP contribution in [-0.4, -0.2) is 49.1 Å². The van der Waals surface area contributed by atoms with Gasteiger partial charge < -0.3 is 15.0 Å². The molecule has 0 radical (unpaired) electrons. The first kappa shape index (κ1) is 16.7. The van der Waals surface area contributed by atoms with Gasteiger partial charge in [0, 0.05) is 19.5 Å². The third-order valence-electron chi connectivity index (χ3n) is 3.95. The van der Waals surface area contributed by atoms with E-state index in [1.54, 1.807) is 11.0 Å². The van der Waals surface area contributed by atoms with Crippen molar-refractivity contribution in [2.24, 2.45) is 0 Å². The molecule has 1 saturated heterocycles. The first-order valence-electron chi connectivity index (χ1n) is 7.99. The molecule has 3 rings (SSSR count). The van der Waals surface area contributed by atoms with Crippen LogP contribution in [-0.2, 0) is 16.0 Å². The van der Waals surface area contributed by atoms with Crippen LogP contribution in [0, 0.1) is 0 Å². The Balaban J connectivity index is 1.74. The smallest absolute Gasteiger partial charge is 0.262 e. The summed E-state index contributed by atoms with van der Waals surface area (Å²) in [5.41, 5.74) is 1.02. The Morgan fingerprint density at radius 3 is 2.54 bits per heavy atom. The predicted octanol–water partition coefficient (Wildman–Crippen LogP) is 1.95. The molecule has 0 unspecified atom stereocenters. The molecule has 1 fully saturated rings. The van der Waals surface area contributed by atoms with Crippen molar-refractivity contribution < 1.29 is 14.3 Å². The first-order valence-corrected chi connectivity index (χ1v) is 8.87. The zero-order valence-corrected chi connectivity index (χ0v) is 14.1. The van der Waals surface area contributed by atoms with Crippen LogP contribution in [0.1, 0.15) is 15.2 Å². The van der Waals surface area contributed by atoms with Crippen LogP contribution in [0.5, 0.6) is 0 Å². The lowest BCUT2D eigenvalue weighted by Crippen LogP contribution is -2.52. The zero-order valence-electron chi connectivity index (χ0n) is 13.3. The van der Waals surface area contributed by atoms with Crippen molar-refractivity contribution in [3.8, 4) is 0 Å². The lowest BCUT2D eigenvalue weighted by molar-refractivity contribution is -0.137. The molecular weight excluding hydrogens is 324 g/mol. The number of nitrogens with one attached hydrogen (secondary N) is 1. The molecule has 1 aromatic heterocycles. The maximum atomic E-state index is 12.9. The lowest BCUT2D eigenvalue weighted by Gasteiger charge is -2.30. The standard InChI is InChI=1S/C18H20N2O3S/c21-17(16-7-4-12-24-16)19-15(13-14-5-2-1-3-6-14)18(22)20-8-10-23-11-9-20/h1-7,12,15H,8-11,13H2,(H,19,21)/t15-/m0/s1. The van der Waals surface area contributed by atoms with Crippen molar-refractivity contribution >= 4 is 23.2 Å². The summed E-state index contributed by atoms with van der Waals surface area (Å²) in [6, 6.07) is 12.8. The predicted molar refractivity (Wildman–Crippen MR) is 93.1 cm³/mol. The molecule has 1 N–H and O–H groups in total. The van der Waals surface area contributed by atoms with Gasteiger partial charge in [0.2, 0.25) is 5.91 Å². The van der Waals surface area contributed by atoms with Gasteiger partial charge in [-0.15, -0.1) is 11.3 Å². The van der Waals surface area contributed by atoms with Gasteiger partial charge in [-0.05, 0) is 17.0 Å². The third kappa shape index (κ3) is 4.21. The molecule has 2 amide bonds. The summed E-state index contributed by atoms with van der Waals surface area (Å²) in [5.74, 6) is -0.250. The van der Waals surface area contributed by atoms with E-state index < -0.39 is 6.04 Å². The van der Waals surface area contributed by atoms with Gasteiger partial charge in [-0.1, -0.05) is 36.4 Å². The normalized spacial score (nSPS) is 15.8. The average Bonchev–Trinajstić information content (AvgIpc) is 3.17. The van der Waals surface area contributed by atoms with Crippen molar-refractivity contribution in [2.75, 3.05) is 26.3 Å². The van der Waals surface area contributed by atoms with E-state index >= 15 is 0 Å². The van der Waals surface area contributed by atoms with E-state index in [2.05, 4.69) is 5.32 Å². The van der Waals surface area contributed by atoms with Gasteiger partial charge in [-0.2, -0.15) is 0 Å². The number of carbonyl (C=O) groups is 2. The second-order valence-corrected chi connectivity index (χ2v) is 6.58. The van der Waals surface area contributed by atoms with Gasteiger partial charge in [0.25, 0.3) is 5.91 Å². The molecule has 24 heavy (non-hydrogen) atoms. The number of benzene rings is 1. The van der Waals surface area contributed by atoms with Gasteiger partial charge >= 0.3 is 0 Å². The van der Waals surface area contributed by atoms with E-state index in [9.17, 15) is 9.59 Å². The van der Waals surface area contributed by atoms with E-state index in [1.807, 2.05) is 41.8 Å². The average molecular weight is 344 g/mol. The van der Waals surface area contributed by atoms with Crippen LogP contribution in [0.15, 0.2) is 47.8 Å². The number of ether oxygens (including phenoxy) is 1. The van der Waals surface area contributed by atoms with Crippen molar-refractivity contribution in [1.82, 2.24) is 10.2 Å². The summed E-state index contributed by atoms with van der Waals surface area (Å²) in [4.78, 5) is 27.6. The minimum atomic E-state index is -0.569. The molecule has 1 aliphatic heterocycles. The number of hydrogen-bond donors (Lipinski definition) is 1. The highest BCUT2D eigenvalue weighted by molar-refractivity contribution is 7.12. The summed E-state index contributed by atoms with van der Waals surface area (Å²) in [6.45, 7) is 2.23. The van der Waals surface area contributed by atoms with Crippen molar-refractivity contribution in [2.45, 2.75) is 12.5 Å². The lowest BCUT2D eigenvalue weighted by atomic mass is 10.0. The fourth-order valence-corrected chi connectivity index (χ4v) is 3.32. The fraction of sp³-hybridized carbons (Fsp3) is 0.333. The highest BCUT2D eigenvalue weighted by Crippen LogP contribution is 2.12. The van der Waals surface area contributed by atoms with Crippen LogP contribution in [0.2, 0.25) is 0 Å². The number of hydrogen-bond acceptors (Lipinski definition) is 4. The number of thiophene rings is 1. The highest BCUT2D eigenvalue weighted by Gasteiger charge is 2.27. The molecule has 0 spiro atoms. The van der Waals surface area contributed by atoms with Crippen molar-refractivity contribution in [3.63, 3.8) is 0 Å². The largest absolute Gasteiger partial charge is 0.378 e. The SMILES string of the molecule is O=C(N[C@@H](Cc1ccccc1)C(=O)N1CCOCC1)c1cccs1. The summed E-state index contributed by atoms with van der Waals surface area (Å²) < 4.78 is 5.31. The Hall–Kier alpha value is -2.18. The van der Waals surface area contributed by atoms with Crippen LogP contribution in [0.4, 0.5) is 0 Å². The monoisotopic (exact) mass is 344 g/mol. The summed E-state index contributed by atoms with van der Waals surface area (Å²) >= 11 is 1.37. The number of morpholine rings is 1. The Morgan fingerprint density at radius 2 is 1.88 bits per heavy atom. The molecule has 2 aromatic rings. The molecule has 1 atom stereocenters. The van der Waals surface area contributed by atoms with Gasteiger partial charge in [0.15, 0.2) is 0 Å².